The van der Waals surface area contributed by atoms with Gasteiger partial charge in [-0.05, 0) is 120 Å². The number of nitrogens with zero attached hydrogens (tertiary/aromatic N) is 2. The first-order valence-electron chi connectivity index (χ1n) is 19.4. The molecule has 2 N–H and O–H groups in total. The Morgan fingerprint density at radius 1 is 1.08 bits per heavy atom. The van der Waals surface area contributed by atoms with E-state index < -0.39 is 26.8 Å². The number of hydrogen-bond acceptors (Lipinski definition) is 7. The maximum Gasteiger partial charge on any atom is 0.264 e. The molecule has 2 amide bonds. The molecule has 3 aliphatic heterocycles. The lowest BCUT2D eigenvalue weighted by Crippen LogP contribution is -2.57. The van der Waals surface area contributed by atoms with Crippen LogP contribution in [0.15, 0.2) is 41.0 Å². The monoisotopic (exact) mass is 741 g/mol. The van der Waals surface area contributed by atoms with Gasteiger partial charge in [0.15, 0.2) is 0 Å². The molecule has 1 aromatic carbocycles. The molecule has 6 aliphatic rings. The summed E-state index contributed by atoms with van der Waals surface area (Å²) in [6.45, 7) is 9.20. The van der Waals surface area contributed by atoms with Crippen LogP contribution in [0.25, 0.3) is 0 Å². The van der Waals surface area contributed by atoms with Crippen molar-refractivity contribution in [1.82, 2.24) is 9.62 Å². The molecule has 3 fully saturated rings. The van der Waals surface area contributed by atoms with Gasteiger partial charge in [-0.2, -0.15) is 0 Å². The molecule has 3 aliphatic carbocycles. The number of fused-ring (bicyclic) bond motifs is 4. The van der Waals surface area contributed by atoms with E-state index in [-0.39, 0.29) is 46.5 Å². The number of halogens is 1. The average molecular weight is 742 g/mol. The Morgan fingerprint density at radius 2 is 1.86 bits per heavy atom. The van der Waals surface area contributed by atoms with Gasteiger partial charge in [-0.25, -0.2) is 13.1 Å². The molecule has 7 atom stereocenters. The first-order valence-corrected chi connectivity index (χ1v) is 21.3. The van der Waals surface area contributed by atoms with E-state index in [4.69, 9.17) is 16.3 Å². The van der Waals surface area contributed by atoms with Gasteiger partial charge in [-0.3, -0.25) is 9.59 Å². The lowest BCUT2D eigenvalue weighted by Gasteiger charge is -2.55. The van der Waals surface area contributed by atoms with Crippen molar-refractivity contribution in [2.24, 2.45) is 28.6 Å². The number of amides is 2. The molecule has 9 nitrogen and oxygen atoms in total. The molecule has 1 unspecified atom stereocenters. The van der Waals surface area contributed by atoms with Gasteiger partial charge in [-0.15, -0.1) is 0 Å². The number of hydrogen-bond donors (Lipinski definition) is 2. The van der Waals surface area contributed by atoms with Crippen molar-refractivity contribution in [2.75, 3.05) is 37.7 Å². The number of carbonyl (C=O) groups is 2. The summed E-state index contributed by atoms with van der Waals surface area (Å²) in [6, 6.07) is 5.26. The van der Waals surface area contributed by atoms with Crippen LogP contribution in [-0.4, -0.2) is 73.9 Å². The normalized spacial score (nSPS) is 37.0. The predicted octanol–water partition coefficient (Wildman–Crippen LogP) is 6.94. The lowest BCUT2D eigenvalue weighted by molar-refractivity contribution is -0.147. The Morgan fingerprint density at radius 3 is 2.61 bits per heavy atom. The molecule has 2 saturated carbocycles. The van der Waals surface area contributed by atoms with Gasteiger partial charge in [0.1, 0.15) is 5.75 Å². The van der Waals surface area contributed by atoms with Crippen molar-refractivity contribution in [3.63, 3.8) is 0 Å². The van der Waals surface area contributed by atoms with E-state index in [9.17, 15) is 23.1 Å². The minimum atomic E-state index is -3.99. The molecule has 1 spiro atoms. The first kappa shape index (κ1) is 36.8. The number of likely N-dealkylation sites (tertiary alicyclic amines) is 1. The van der Waals surface area contributed by atoms with Crippen LogP contribution in [0.2, 0.25) is 0 Å². The molecule has 1 aromatic rings. The van der Waals surface area contributed by atoms with Crippen LogP contribution >= 0.6 is 11.6 Å². The third kappa shape index (κ3) is 6.87. The van der Waals surface area contributed by atoms with Gasteiger partial charge >= 0.3 is 0 Å². The molecule has 51 heavy (non-hydrogen) atoms. The van der Waals surface area contributed by atoms with Crippen LogP contribution in [0.5, 0.6) is 5.75 Å². The number of allylic oxidation sites excluding steroid dienone is 4. The zero-order valence-electron chi connectivity index (χ0n) is 30.6. The average Bonchev–Trinajstić information content (AvgIpc) is 3.24. The Balaban J connectivity index is 1.28. The smallest absolute Gasteiger partial charge is 0.264 e. The number of nitrogens with one attached hydrogen (secondary N) is 1. The molecule has 280 valence electrons. The van der Waals surface area contributed by atoms with Gasteiger partial charge in [0.05, 0.1) is 29.6 Å². The van der Waals surface area contributed by atoms with E-state index in [0.717, 1.165) is 81.6 Å². The van der Waals surface area contributed by atoms with Gasteiger partial charge in [0.25, 0.3) is 5.91 Å². The number of rotatable bonds is 2. The zero-order valence-corrected chi connectivity index (χ0v) is 32.2. The summed E-state index contributed by atoms with van der Waals surface area (Å²) in [6.07, 6.45) is 14.7. The number of benzene rings is 1. The maximum absolute atomic E-state index is 13.8. The highest BCUT2D eigenvalue weighted by Crippen LogP contribution is 2.60. The fourth-order valence-corrected chi connectivity index (χ4v) is 11.8. The minimum Gasteiger partial charge on any atom is -0.491 e. The first-order chi connectivity index (χ1) is 24.2. The highest BCUT2D eigenvalue weighted by atomic mass is 35.5. The van der Waals surface area contributed by atoms with Crippen LogP contribution in [0, 0.1) is 28.6 Å². The van der Waals surface area contributed by atoms with Crippen LogP contribution in [0.1, 0.15) is 115 Å². The number of piperidine rings is 1. The van der Waals surface area contributed by atoms with Crippen LogP contribution < -0.4 is 14.4 Å². The van der Waals surface area contributed by atoms with Crippen molar-refractivity contribution < 1.29 is 27.9 Å². The molecular weight excluding hydrogens is 686 g/mol. The van der Waals surface area contributed by atoms with Crippen LogP contribution in [0.4, 0.5) is 5.69 Å². The number of aliphatic hydroxyl groups is 1. The van der Waals surface area contributed by atoms with Crippen molar-refractivity contribution in [3.8, 4) is 5.75 Å². The van der Waals surface area contributed by atoms with Gasteiger partial charge < -0.3 is 19.6 Å². The Labute approximate surface area is 309 Å². The SMILES string of the molecule is C[C@@H]1[C@@H](C)CCC[C@@](O)(CC(=O)N2CCCCC2)[C@@H]2CC[C@H]2CN2C[C@@]3(CCCC4=CC(Cl)=CCC43C)COc3ccc(cc32)C(=O)NS1(=O)=O. The third-order valence-corrected chi connectivity index (χ3v) is 16.3. The highest BCUT2D eigenvalue weighted by Gasteiger charge is 2.56. The summed E-state index contributed by atoms with van der Waals surface area (Å²) in [5, 5.41) is 12.6. The van der Waals surface area contributed by atoms with Crippen molar-refractivity contribution in [2.45, 2.75) is 115 Å². The van der Waals surface area contributed by atoms with E-state index >= 15 is 0 Å². The van der Waals surface area contributed by atoms with Crippen LogP contribution in [-0.2, 0) is 14.8 Å². The van der Waals surface area contributed by atoms with Gasteiger partial charge in [0, 0.05) is 47.6 Å². The second kappa shape index (κ2) is 14.0. The maximum atomic E-state index is 13.8. The van der Waals surface area contributed by atoms with E-state index in [1.54, 1.807) is 19.1 Å². The van der Waals surface area contributed by atoms with Crippen molar-refractivity contribution in [1.29, 1.82) is 0 Å². The Hall–Kier alpha value is -2.56. The van der Waals surface area contributed by atoms with E-state index in [1.807, 2.05) is 17.9 Å². The number of sulfonamides is 1. The summed E-state index contributed by atoms with van der Waals surface area (Å²) < 4.78 is 36.1. The Kier molecular flexibility index (Phi) is 10.1. The Bertz CT molecular complexity index is 1710. The number of ether oxygens (including phenoxy) is 1. The van der Waals surface area contributed by atoms with Crippen molar-refractivity contribution in [3.05, 3.63) is 46.5 Å². The fraction of sp³-hybridized carbons (Fsp3) is 0.700. The summed E-state index contributed by atoms with van der Waals surface area (Å²) >= 11 is 6.56. The van der Waals surface area contributed by atoms with Gasteiger partial charge in [-0.1, -0.05) is 43.5 Å². The van der Waals surface area contributed by atoms with E-state index in [1.165, 1.54) is 5.57 Å². The molecule has 3 heterocycles. The molecule has 11 heteroatoms. The second-order valence-corrected chi connectivity index (χ2v) is 19.5. The summed E-state index contributed by atoms with van der Waals surface area (Å²) in [4.78, 5) is 31.7. The third-order valence-electron chi connectivity index (χ3n) is 14.1. The topological polar surface area (TPSA) is 116 Å². The zero-order chi connectivity index (χ0) is 36.2. The highest BCUT2D eigenvalue weighted by molar-refractivity contribution is 7.90. The van der Waals surface area contributed by atoms with E-state index in [2.05, 4.69) is 28.7 Å². The van der Waals surface area contributed by atoms with E-state index in [0.29, 0.717) is 44.7 Å². The predicted molar refractivity (Wildman–Crippen MR) is 200 cm³/mol. The number of anilines is 1. The molecule has 2 bridgehead atoms. The molecule has 7 rings (SSSR count). The molecular formula is C40H56ClN3O6S. The van der Waals surface area contributed by atoms with Crippen LogP contribution in [0.3, 0.4) is 0 Å². The molecule has 1 saturated heterocycles. The summed E-state index contributed by atoms with van der Waals surface area (Å²) in [5.41, 5.74) is 0.780. The molecule has 0 aromatic heterocycles. The standard InChI is InChI=1S/C40H56ClN3O6S/c1-27-9-7-17-40(47,23-36(45)43-19-5-4-6-20-43)33-13-11-30(33)24-44-25-39(16-8-10-31-22-32(41)15-18-38(31,39)3)26-50-35-14-12-29(21-34(35)44)37(46)42-51(48,49)28(27)2/h12,14-15,21-22,27-28,30,33,47H,4-11,13,16-20,23-26H2,1-3H3,(H,42,46)/t27-,28+,30-,33+,38?,39-,40+/m0/s1. The fourth-order valence-electron chi connectivity index (χ4n) is 10.3. The minimum absolute atomic E-state index is 0.0273. The number of carbonyl (C=O) groups excluding carboxylic acids is 2. The second-order valence-electron chi connectivity index (χ2n) is 17.0. The summed E-state index contributed by atoms with van der Waals surface area (Å²) in [5.74, 6) is -0.128. The summed E-state index contributed by atoms with van der Waals surface area (Å²) in [7, 11) is -3.99. The quantitative estimate of drug-likeness (QED) is 0.337. The molecule has 0 radical (unpaired) electrons. The van der Waals surface area contributed by atoms with Gasteiger partial charge in [0.2, 0.25) is 15.9 Å². The largest absolute Gasteiger partial charge is 0.491 e. The lowest BCUT2D eigenvalue weighted by atomic mass is 9.52. The van der Waals surface area contributed by atoms with Crippen molar-refractivity contribution >= 4 is 39.1 Å².